The van der Waals surface area contributed by atoms with Crippen LogP contribution in [0.3, 0.4) is 0 Å². The van der Waals surface area contributed by atoms with Crippen molar-refractivity contribution in [3.05, 3.63) is 30.3 Å². The predicted molar refractivity (Wildman–Crippen MR) is 88.4 cm³/mol. The summed E-state index contributed by atoms with van der Waals surface area (Å²) in [6.07, 6.45) is 14.4. The van der Waals surface area contributed by atoms with Crippen LogP contribution in [0.4, 0.5) is 5.69 Å². The molecule has 1 rings (SSSR count). The molecule has 0 saturated heterocycles. The predicted octanol–water partition coefficient (Wildman–Crippen LogP) is 6.20. The van der Waals surface area contributed by atoms with Gasteiger partial charge in [-0.2, -0.15) is 0 Å². The molecule has 0 heterocycles. The van der Waals surface area contributed by atoms with E-state index in [0.717, 1.165) is 5.69 Å². The van der Waals surface area contributed by atoms with E-state index in [0.29, 0.717) is 0 Å². The van der Waals surface area contributed by atoms with E-state index in [4.69, 9.17) is 5.73 Å². The molecule has 1 heteroatoms. The lowest BCUT2D eigenvalue weighted by Gasteiger charge is -1.99. The molecule has 0 amide bonds. The topological polar surface area (TPSA) is 26.0 Å². The monoisotopic (exact) mass is 263 g/mol. The molecule has 1 aromatic carbocycles. The molecule has 0 bridgehead atoms. The molecule has 0 unspecified atom stereocenters. The SMILES string of the molecule is CCCCCCCCCCCC.Nc1ccccc1. The number of hydrogen-bond acceptors (Lipinski definition) is 1. The largest absolute Gasteiger partial charge is 0.399 e. The third-order valence-electron chi connectivity index (χ3n) is 3.26. The van der Waals surface area contributed by atoms with Crippen LogP contribution in [0.5, 0.6) is 0 Å². The number of nitrogens with two attached hydrogens (primary N) is 1. The summed E-state index contributed by atoms with van der Waals surface area (Å²) in [6.45, 7) is 4.56. The van der Waals surface area contributed by atoms with E-state index < -0.39 is 0 Å². The van der Waals surface area contributed by atoms with Crippen molar-refractivity contribution in [2.24, 2.45) is 0 Å². The van der Waals surface area contributed by atoms with E-state index in [9.17, 15) is 0 Å². The Morgan fingerprint density at radius 3 is 1.26 bits per heavy atom. The van der Waals surface area contributed by atoms with Gasteiger partial charge in [-0.25, -0.2) is 0 Å². The molecule has 2 N–H and O–H groups in total. The van der Waals surface area contributed by atoms with Crippen LogP contribution in [0, 0.1) is 0 Å². The molecule has 0 aromatic heterocycles. The van der Waals surface area contributed by atoms with Crippen molar-refractivity contribution in [1.82, 2.24) is 0 Å². The van der Waals surface area contributed by atoms with Crippen molar-refractivity contribution >= 4 is 5.69 Å². The summed E-state index contributed by atoms with van der Waals surface area (Å²) in [5, 5.41) is 0. The molecule has 0 atom stereocenters. The Kier molecular flexibility index (Phi) is 14.3. The molecule has 0 aliphatic carbocycles. The second-order valence-corrected chi connectivity index (χ2v) is 5.24. The van der Waals surface area contributed by atoms with Crippen LogP contribution >= 0.6 is 0 Å². The fourth-order valence-electron chi connectivity index (χ4n) is 2.01. The minimum Gasteiger partial charge on any atom is -0.399 e. The van der Waals surface area contributed by atoms with Crippen LogP contribution in [0.1, 0.15) is 78.1 Å². The standard InChI is InChI=1S/C12H26.C6H7N/c1-3-5-7-9-11-12-10-8-6-4-2;7-6-4-2-1-3-5-6/h3-12H2,1-2H3;1-5H,7H2. The maximum absolute atomic E-state index is 5.36. The van der Waals surface area contributed by atoms with Crippen LogP contribution in [0.15, 0.2) is 30.3 Å². The average Bonchev–Trinajstić information content (AvgIpc) is 2.43. The number of unbranched alkanes of at least 4 members (excludes halogenated alkanes) is 9. The first-order valence-electron chi connectivity index (χ1n) is 8.11. The van der Waals surface area contributed by atoms with Crippen molar-refractivity contribution in [2.75, 3.05) is 5.73 Å². The van der Waals surface area contributed by atoms with Gasteiger partial charge in [-0.3, -0.25) is 0 Å². The van der Waals surface area contributed by atoms with Crippen molar-refractivity contribution in [1.29, 1.82) is 0 Å². The highest BCUT2D eigenvalue weighted by molar-refractivity contribution is 5.35. The normalized spacial score (nSPS) is 9.79. The lowest BCUT2D eigenvalue weighted by molar-refractivity contribution is 0.562. The molecule has 0 fully saturated rings. The fraction of sp³-hybridized carbons (Fsp3) is 0.667. The zero-order valence-corrected chi connectivity index (χ0v) is 13.0. The zero-order valence-electron chi connectivity index (χ0n) is 13.0. The maximum atomic E-state index is 5.36. The van der Waals surface area contributed by atoms with Crippen LogP contribution in [0.25, 0.3) is 0 Å². The van der Waals surface area contributed by atoms with Gasteiger partial charge in [0, 0.05) is 5.69 Å². The first-order chi connectivity index (χ1) is 9.31. The molecular formula is C18H33N. The molecule has 19 heavy (non-hydrogen) atoms. The van der Waals surface area contributed by atoms with Gasteiger partial charge in [0.1, 0.15) is 0 Å². The van der Waals surface area contributed by atoms with Gasteiger partial charge in [0.2, 0.25) is 0 Å². The van der Waals surface area contributed by atoms with E-state index >= 15 is 0 Å². The van der Waals surface area contributed by atoms with Gasteiger partial charge in [0.15, 0.2) is 0 Å². The molecule has 0 radical (unpaired) electrons. The number of nitrogen functional groups attached to an aromatic ring is 1. The van der Waals surface area contributed by atoms with Gasteiger partial charge in [-0.05, 0) is 12.1 Å². The Morgan fingerprint density at radius 1 is 0.632 bits per heavy atom. The second-order valence-electron chi connectivity index (χ2n) is 5.24. The van der Waals surface area contributed by atoms with E-state index in [2.05, 4.69) is 13.8 Å². The second kappa shape index (κ2) is 15.1. The quantitative estimate of drug-likeness (QED) is 0.417. The third-order valence-corrected chi connectivity index (χ3v) is 3.26. The van der Waals surface area contributed by atoms with Gasteiger partial charge >= 0.3 is 0 Å². The van der Waals surface area contributed by atoms with E-state index in [1.807, 2.05) is 30.3 Å². The molecule has 1 nitrogen and oxygen atoms in total. The molecule has 0 aliphatic rings. The Labute approximate surface area is 120 Å². The highest BCUT2D eigenvalue weighted by atomic mass is 14.5. The van der Waals surface area contributed by atoms with Gasteiger partial charge in [0.05, 0.1) is 0 Å². The van der Waals surface area contributed by atoms with Crippen LogP contribution in [0.2, 0.25) is 0 Å². The number of rotatable bonds is 9. The van der Waals surface area contributed by atoms with Crippen molar-refractivity contribution < 1.29 is 0 Å². The van der Waals surface area contributed by atoms with E-state index in [1.54, 1.807) is 0 Å². The van der Waals surface area contributed by atoms with Crippen molar-refractivity contribution in [2.45, 2.75) is 78.1 Å². The van der Waals surface area contributed by atoms with Gasteiger partial charge in [0.25, 0.3) is 0 Å². The number of hydrogen-bond donors (Lipinski definition) is 1. The lowest BCUT2D eigenvalue weighted by atomic mass is 10.1. The van der Waals surface area contributed by atoms with Gasteiger partial charge in [-0.15, -0.1) is 0 Å². The molecular weight excluding hydrogens is 230 g/mol. The van der Waals surface area contributed by atoms with Crippen molar-refractivity contribution in [3.63, 3.8) is 0 Å². The maximum Gasteiger partial charge on any atom is 0.0313 e. The van der Waals surface area contributed by atoms with Crippen LogP contribution in [-0.2, 0) is 0 Å². The molecule has 0 spiro atoms. The Bertz CT molecular complexity index is 246. The highest BCUT2D eigenvalue weighted by Gasteiger charge is 1.90. The third kappa shape index (κ3) is 15.0. The summed E-state index contributed by atoms with van der Waals surface area (Å²) in [5.74, 6) is 0. The summed E-state index contributed by atoms with van der Waals surface area (Å²) in [5.41, 5.74) is 6.18. The Morgan fingerprint density at radius 2 is 1.00 bits per heavy atom. The lowest BCUT2D eigenvalue weighted by Crippen LogP contribution is -1.80. The molecule has 0 aliphatic heterocycles. The van der Waals surface area contributed by atoms with Crippen molar-refractivity contribution in [3.8, 4) is 0 Å². The summed E-state index contributed by atoms with van der Waals surface area (Å²) < 4.78 is 0. The molecule has 0 saturated carbocycles. The smallest absolute Gasteiger partial charge is 0.0313 e. The first-order valence-corrected chi connectivity index (χ1v) is 8.11. The van der Waals surface area contributed by atoms with Crippen LogP contribution < -0.4 is 5.73 Å². The summed E-state index contributed by atoms with van der Waals surface area (Å²) in [7, 11) is 0. The first kappa shape index (κ1) is 18.0. The minimum atomic E-state index is 0.822. The minimum absolute atomic E-state index is 0.822. The van der Waals surface area contributed by atoms with Gasteiger partial charge < -0.3 is 5.73 Å². The summed E-state index contributed by atoms with van der Waals surface area (Å²) in [6, 6.07) is 9.49. The van der Waals surface area contributed by atoms with Gasteiger partial charge in [-0.1, -0.05) is 96.3 Å². The Hall–Kier alpha value is -0.980. The zero-order chi connectivity index (χ0) is 14.2. The van der Waals surface area contributed by atoms with Crippen LogP contribution in [-0.4, -0.2) is 0 Å². The van der Waals surface area contributed by atoms with E-state index in [-0.39, 0.29) is 0 Å². The fourth-order valence-corrected chi connectivity index (χ4v) is 2.01. The Balaban J connectivity index is 0.000000388. The number of benzene rings is 1. The molecule has 1 aromatic rings. The highest BCUT2D eigenvalue weighted by Crippen LogP contribution is 2.09. The summed E-state index contributed by atoms with van der Waals surface area (Å²) >= 11 is 0. The number of anilines is 1. The average molecular weight is 263 g/mol. The summed E-state index contributed by atoms with van der Waals surface area (Å²) in [4.78, 5) is 0. The molecule has 110 valence electrons. The number of para-hydroxylation sites is 1. The van der Waals surface area contributed by atoms with E-state index in [1.165, 1.54) is 64.2 Å².